The van der Waals surface area contributed by atoms with E-state index in [9.17, 15) is 9.59 Å². The summed E-state index contributed by atoms with van der Waals surface area (Å²) in [6.45, 7) is 0. The zero-order valence-corrected chi connectivity index (χ0v) is 7.59. The molecule has 0 atom stereocenters. The van der Waals surface area contributed by atoms with Crippen LogP contribution in [0.4, 0.5) is 0 Å². The fraction of sp³-hybridized carbons (Fsp3) is 0.667. The largest absolute Gasteiger partial charge is 0.468 e. The normalized spacial score (nSPS) is 7.27. The average molecular weight is 182 g/mol. The maximum atomic E-state index is 9.83. The Labute approximate surface area is 71.1 Å². The van der Waals surface area contributed by atoms with E-state index in [1.54, 1.807) is 14.1 Å². The first-order valence-corrected chi connectivity index (χ1v) is 3.36. The van der Waals surface area contributed by atoms with Crippen LogP contribution in [0.25, 0.3) is 0 Å². The highest BCUT2D eigenvalue weighted by Crippen LogP contribution is 1.75. The van der Waals surface area contributed by atoms with Crippen LogP contribution in [0.3, 0.4) is 0 Å². The number of methoxy groups -OCH3 is 1. The Morgan fingerprint density at radius 2 is 2.00 bits per heavy atom. The molecule has 11 heavy (non-hydrogen) atoms. The van der Waals surface area contributed by atoms with Gasteiger partial charge >= 0.3 is 5.97 Å². The van der Waals surface area contributed by atoms with Crippen molar-refractivity contribution in [3.63, 3.8) is 0 Å². The van der Waals surface area contributed by atoms with Crippen molar-refractivity contribution in [2.75, 3.05) is 27.1 Å². The van der Waals surface area contributed by atoms with Gasteiger partial charge in [-0.3, -0.25) is 9.59 Å². The molecular weight excluding hydrogens is 170 g/mol. The molecule has 66 valence electrons. The number of nitrogens with zero attached hydrogens (tertiary/aromatic N) is 1. The molecule has 0 rings (SSSR count). The number of esters is 1. The summed E-state index contributed by atoms with van der Waals surface area (Å²) in [4.78, 5) is 20.7. The number of alkyl halides is 1. The Balaban J connectivity index is 0. The summed E-state index contributed by atoms with van der Waals surface area (Å²) in [5, 5.41) is 0. The van der Waals surface area contributed by atoms with Crippen molar-refractivity contribution < 1.29 is 14.3 Å². The lowest BCUT2D eigenvalue weighted by Crippen LogP contribution is -2.06. The molecule has 0 aliphatic rings. The first-order valence-electron chi connectivity index (χ1n) is 2.83. The van der Waals surface area contributed by atoms with E-state index in [-0.39, 0.29) is 5.88 Å². The van der Waals surface area contributed by atoms with Gasteiger partial charge in [0, 0.05) is 14.1 Å². The first-order chi connectivity index (χ1) is 5.08. The van der Waals surface area contributed by atoms with Gasteiger partial charge in [0.15, 0.2) is 0 Å². The van der Waals surface area contributed by atoms with E-state index >= 15 is 0 Å². The van der Waals surface area contributed by atoms with Gasteiger partial charge in [0.1, 0.15) is 5.88 Å². The summed E-state index contributed by atoms with van der Waals surface area (Å²) in [5.74, 6) is -0.451. The third kappa shape index (κ3) is 17.6. The summed E-state index contributed by atoms with van der Waals surface area (Å²) in [6.07, 6.45) is 0.750. The minimum atomic E-state index is -0.392. The lowest BCUT2D eigenvalue weighted by molar-refractivity contribution is -0.137. The molecule has 0 bridgehead atoms. The quantitative estimate of drug-likeness (QED) is 0.345. The van der Waals surface area contributed by atoms with E-state index in [0.717, 1.165) is 6.41 Å². The predicted molar refractivity (Wildman–Crippen MR) is 42.5 cm³/mol. The number of hydrogen-bond acceptors (Lipinski definition) is 3. The molecule has 4 nitrogen and oxygen atoms in total. The molecule has 0 radical (unpaired) electrons. The molecule has 0 heterocycles. The van der Waals surface area contributed by atoms with E-state index in [1.165, 1.54) is 12.0 Å². The lowest BCUT2D eigenvalue weighted by atomic mass is 10.8. The predicted octanol–water partition coefficient (Wildman–Crippen LogP) is 0.103. The lowest BCUT2D eigenvalue weighted by Gasteiger charge is -1.93. The fourth-order valence-corrected chi connectivity index (χ4v) is 0.164. The number of ether oxygens (including phenoxy) is 1. The van der Waals surface area contributed by atoms with Crippen LogP contribution in [0.2, 0.25) is 0 Å². The fourth-order valence-electron chi connectivity index (χ4n) is 0.0546. The molecule has 0 aromatic heterocycles. The van der Waals surface area contributed by atoms with Crippen molar-refractivity contribution >= 4 is 24.0 Å². The Morgan fingerprint density at radius 3 is 2.00 bits per heavy atom. The van der Waals surface area contributed by atoms with Gasteiger partial charge in [-0.1, -0.05) is 0 Å². The number of rotatable bonds is 2. The zero-order valence-electron chi connectivity index (χ0n) is 6.83. The highest BCUT2D eigenvalue weighted by Gasteiger charge is 1.89. The molecule has 5 heteroatoms. The van der Waals surface area contributed by atoms with Crippen molar-refractivity contribution in [3.05, 3.63) is 0 Å². The maximum Gasteiger partial charge on any atom is 0.320 e. The summed E-state index contributed by atoms with van der Waals surface area (Å²) in [7, 11) is 4.67. The van der Waals surface area contributed by atoms with E-state index < -0.39 is 5.97 Å². The van der Waals surface area contributed by atoms with Crippen molar-refractivity contribution in [1.82, 2.24) is 4.90 Å². The Hall–Kier alpha value is -0.770. The van der Waals surface area contributed by atoms with Crippen LogP contribution < -0.4 is 0 Å². The third-order valence-electron chi connectivity index (χ3n) is 0.548. The number of hydrogen-bond donors (Lipinski definition) is 0. The van der Waals surface area contributed by atoms with Gasteiger partial charge in [0.05, 0.1) is 7.11 Å². The number of halogens is 1. The molecule has 1 amide bonds. The molecule has 0 aliphatic heterocycles. The van der Waals surface area contributed by atoms with Crippen LogP contribution in [0.15, 0.2) is 0 Å². The highest BCUT2D eigenvalue weighted by molar-refractivity contribution is 6.26. The molecule has 0 saturated heterocycles. The van der Waals surface area contributed by atoms with E-state index in [1.807, 2.05) is 0 Å². The van der Waals surface area contributed by atoms with Gasteiger partial charge in [-0.2, -0.15) is 0 Å². The smallest absolute Gasteiger partial charge is 0.320 e. The molecule has 0 aliphatic carbocycles. The molecule has 0 fully saturated rings. The number of amides is 1. The molecule has 0 N–H and O–H groups in total. The maximum absolute atomic E-state index is 9.83. The van der Waals surface area contributed by atoms with Crippen molar-refractivity contribution in [3.8, 4) is 0 Å². The van der Waals surface area contributed by atoms with Gasteiger partial charge in [-0.15, -0.1) is 11.6 Å². The SMILES string of the molecule is CN(C)C=O.COC(=O)CCl. The van der Waals surface area contributed by atoms with Gasteiger partial charge in [-0.25, -0.2) is 0 Å². The van der Waals surface area contributed by atoms with Crippen LogP contribution >= 0.6 is 11.6 Å². The number of carbonyl (C=O) groups excluding carboxylic acids is 2. The minimum absolute atomic E-state index is 0.0590. The second kappa shape index (κ2) is 9.23. The second-order valence-corrected chi connectivity index (χ2v) is 2.05. The van der Waals surface area contributed by atoms with Gasteiger partial charge in [-0.05, 0) is 0 Å². The van der Waals surface area contributed by atoms with Crippen LogP contribution in [0, 0.1) is 0 Å². The molecule has 0 aromatic carbocycles. The van der Waals surface area contributed by atoms with Crippen LogP contribution in [-0.2, 0) is 14.3 Å². The van der Waals surface area contributed by atoms with Crippen molar-refractivity contribution in [2.24, 2.45) is 0 Å². The Kier molecular flexibility index (Phi) is 10.8. The van der Waals surface area contributed by atoms with Crippen LogP contribution in [0.1, 0.15) is 0 Å². The van der Waals surface area contributed by atoms with Crippen LogP contribution in [-0.4, -0.2) is 44.4 Å². The summed E-state index contributed by atoms with van der Waals surface area (Å²) >= 11 is 4.98. The van der Waals surface area contributed by atoms with Crippen LogP contribution in [0.5, 0.6) is 0 Å². The highest BCUT2D eigenvalue weighted by atomic mass is 35.5. The number of carbonyl (C=O) groups is 2. The van der Waals surface area contributed by atoms with Gasteiger partial charge in [0.2, 0.25) is 6.41 Å². The monoisotopic (exact) mass is 181 g/mol. The van der Waals surface area contributed by atoms with Gasteiger partial charge < -0.3 is 9.64 Å². The van der Waals surface area contributed by atoms with E-state index in [2.05, 4.69) is 4.74 Å². The van der Waals surface area contributed by atoms with Gasteiger partial charge in [0.25, 0.3) is 0 Å². The van der Waals surface area contributed by atoms with E-state index in [4.69, 9.17) is 11.6 Å². The molecular formula is C6H12ClNO3. The van der Waals surface area contributed by atoms with Crippen molar-refractivity contribution in [1.29, 1.82) is 0 Å². The Morgan fingerprint density at radius 1 is 1.64 bits per heavy atom. The standard InChI is InChI=1S/C3H5ClO2.C3H7NO/c1-6-3(5)2-4;1-4(2)3-5/h2H2,1H3;3H,1-2H3. The zero-order chi connectivity index (χ0) is 9.28. The second-order valence-electron chi connectivity index (χ2n) is 1.78. The average Bonchev–Trinajstić information content (AvgIpc) is 2.04. The molecule has 0 spiro atoms. The summed E-state index contributed by atoms with van der Waals surface area (Å²) in [6, 6.07) is 0. The molecule has 0 aromatic rings. The third-order valence-corrected chi connectivity index (χ3v) is 0.766. The van der Waals surface area contributed by atoms with Crippen molar-refractivity contribution in [2.45, 2.75) is 0 Å². The summed E-state index contributed by atoms with van der Waals surface area (Å²) in [5.41, 5.74) is 0. The minimum Gasteiger partial charge on any atom is -0.468 e. The molecule has 0 unspecified atom stereocenters. The molecule has 0 saturated carbocycles. The first kappa shape index (κ1) is 12.9. The summed E-state index contributed by atoms with van der Waals surface area (Å²) < 4.78 is 4.13. The topological polar surface area (TPSA) is 46.6 Å². The Bertz CT molecular complexity index is 110. The van der Waals surface area contributed by atoms with E-state index in [0.29, 0.717) is 0 Å².